The number of thiazole rings is 1. The predicted molar refractivity (Wildman–Crippen MR) is 81.7 cm³/mol. The van der Waals surface area contributed by atoms with Crippen LogP contribution in [0.4, 0.5) is 4.79 Å². The van der Waals surface area contributed by atoms with Crippen molar-refractivity contribution in [1.82, 2.24) is 10.5 Å². The van der Waals surface area contributed by atoms with Crippen LogP contribution in [0.25, 0.3) is 0 Å². The summed E-state index contributed by atoms with van der Waals surface area (Å²) >= 11 is 1.25. The predicted octanol–water partition coefficient (Wildman–Crippen LogP) is 2.84. The standard InChI is InChI=1S/C14H22N2O5S/c1-9-15-7-10(22-9)11(17)19-8-14(5,6)21-16-12(18)20-13(2,3)4/h7H,8H2,1-6H3,(H,16,18). The molecule has 0 saturated heterocycles. The van der Waals surface area contributed by atoms with Crippen molar-refractivity contribution in [2.24, 2.45) is 0 Å². The van der Waals surface area contributed by atoms with Crippen LogP contribution in [-0.4, -0.2) is 34.9 Å². The highest BCUT2D eigenvalue weighted by Gasteiger charge is 2.25. The van der Waals surface area contributed by atoms with Crippen molar-refractivity contribution in [1.29, 1.82) is 0 Å². The monoisotopic (exact) mass is 330 g/mol. The average Bonchev–Trinajstić information content (AvgIpc) is 2.79. The number of aromatic nitrogens is 1. The molecule has 8 heteroatoms. The molecule has 0 aliphatic heterocycles. The van der Waals surface area contributed by atoms with Gasteiger partial charge in [-0.25, -0.2) is 14.6 Å². The maximum atomic E-state index is 11.8. The number of nitrogens with one attached hydrogen (secondary N) is 1. The van der Waals surface area contributed by atoms with Gasteiger partial charge < -0.3 is 9.47 Å². The minimum Gasteiger partial charge on any atom is -0.458 e. The zero-order valence-corrected chi connectivity index (χ0v) is 14.5. The van der Waals surface area contributed by atoms with Gasteiger partial charge in [0.15, 0.2) is 0 Å². The highest BCUT2D eigenvalue weighted by molar-refractivity contribution is 7.13. The number of amides is 1. The molecule has 0 aliphatic carbocycles. The van der Waals surface area contributed by atoms with E-state index in [1.165, 1.54) is 17.5 Å². The van der Waals surface area contributed by atoms with Gasteiger partial charge in [0, 0.05) is 0 Å². The van der Waals surface area contributed by atoms with E-state index in [-0.39, 0.29) is 6.61 Å². The van der Waals surface area contributed by atoms with Crippen LogP contribution in [0.1, 0.15) is 49.3 Å². The highest BCUT2D eigenvalue weighted by atomic mass is 32.1. The quantitative estimate of drug-likeness (QED) is 0.660. The van der Waals surface area contributed by atoms with Crippen molar-refractivity contribution in [3.63, 3.8) is 0 Å². The van der Waals surface area contributed by atoms with Gasteiger partial charge in [-0.2, -0.15) is 5.48 Å². The van der Waals surface area contributed by atoms with E-state index in [4.69, 9.17) is 14.3 Å². The zero-order valence-electron chi connectivity index (χ0n) is 13.7. The van der Waals surface area contributed by atoms with E-state index < -0.39 is 23.3 Å². The van der Waals surface area contributed by atoms with Crippen LogP contribution in [0.2, 0.25) is 0 Å². The lowest BCUT2D eigenvalue weighted by Crippen LogP contribution is -2.41. The van der Waals surface area contributed by atoms with Crippen LogP contribution in [0.15, 0.2) is 6.20 Å². The molecular formula is C14H22N2O5S. The van der Waals surface area contributed by atoms with Crippen LogP contribution in [-0.2, 0) is 14.3 Å². The summed E-state index contributed by atoms with van der Waals surface area (Å²) in [5.74, 6) is -0.473. The molecule has 1 N–H and O–H groups in total. The molecule has 0 atom stereocenters. The number of hydrogen-bond donors (Lipinski definition) is 1. The minimum absolute atomic E-state index is 0.0292. The molecule has 0 aliphatic rings. The second-order valence-electron chi connectivity index (χ2n) is 6.29. The summed E-state index contributed by atoms with van der Waals surface area (Å²) < 4.78 is 10.2. The molecule has 1 heterocycles. The molecule has 0 aromatic carbocycles. The Morgan fingerprint density at radius 2 is 1.91 bits per heavy atom. The van der Waals surface area contributed by atoms with E-state index in [1.807, 2.05) is 0 Å². The van der Waals surface area contributed by atoms with E-state index in [0.717, 1.165) is 5.01 Å². The SMILES string of the molecule is Cc1ncc(C(=O)OCC(C)(C)ONC(=O)OC(C)(C)C)s1. The van der Waals surface area contributed by atoms with E-state index in [0.29, 0.717) is 4.88 Å². The van der Waals surface area contributed by atoms with Crippen LogP contribution >= 0.6 is 11.3 Å². The first-order valence-electron chi connectivity index (χ1n) is 6.75. The Morgan fingerprint density at radius 1 is 1.27 bits per heavy atom. The fourth-order valence-corrected chi connectivity index (χ4v) is 1.95. The Balaban J connectivity index is 2.40. The van der Waals surface area contributed by atoms with Crippen LogP contribution in [0.5, 0.6) is 0 Å². The van der Waals surface area contributed by atoms with Gasteiger partial charge >= 0.3 is 12.1 Å². The van der Waals surface area contributed by atoms with Crippen molar-refractivity contribution in [2.45, 2.75) is 52.7 Å². The molecule has 1 amide bonds. The number of hydrogen-bond acceptors (Lipinski definition) is 7. The van der Waals surface area contributed by atoms with E-state index in [1.54, 1.807) is 41.5 Å². The summed E-state index contributed by atoms with van der Waals surface area (Å²) in [5, 5.41) is 0.786. The fourth-order valence-electron chi connectivity index (χ4n) is 1.27. The number of ether oxygens (including phenoxy) is 2. The number of nitrogens with zero attached hydrogens (tertiary/aromatic N) is 1. The van der Waals surface area contributed by atoms with Gasteiger partial charge in [0.2, 0.25) is 0 Å². The lowest BCUT2D eigenvalue weighted by atomic mass is 10.2. The number of rotatable bonds is 5. The summed E-state index contributed by atoms with van der Waals surface area (Å²) in [4.78, 5) is 32.9. The molecule has 22 heavy (non-hydrogen) atoms. The van der Waals surface area contributed by atoms with E-state index >= 15 is 0 Å². The third kappa shape index (κ3) is 6.86. The zero-order chi connectivity index (χ0) is 17.0. The van der Waals surface area contributed by atoms with Gasteiger partial charge in [0.05, 0.1) is 11.2 Å². The van der Waals surface area contributed by atoms with Crippen molar-refractivity contribution >= 4 is 23.4 Å². The fraction of sp³-hybridized carbons (Fsp3) is 0.643. The summed E-state index contributed by atoms with van der Waals surface area (Å²) in [6.07, 6.45) is 0.764. The van der Waals surface area contributed by atoms with Gasteiger partial charge in [-0.15, -0.1) is 11.3 Å². The minimum atomic E-state index is -0.897. The normalized spacial score (nSPS) is 11.9. The molecule has 7 nitrogen and oxygen atoms in total. The van der Waals surface area contributed by atoms with Crippen molar-refractivity contribution < 1.29 is 23.9 Å². The number of esters is 1. The first-order valence-corrected chi connectivity index (χ1v) is 7.57. The first kappa shape index (κ1) is 18.4. The van der Waals surface area contributed by atoms with E-state index in [9.17, 15) is 9.59 Å². The number of hydroxylamine groups is 1. The third-order valence-corrected chi connectivity index (χ3v) is 3.08. The van der Waals surface area contributed by atoms with Gasteiger partial charge in [0.1, 0.15) is 22.7 Å². The third-order valence-electron chi connectivity index (χ3n) is 2.18. The number of aryl methyl sites for hydroxylation is 1. The summed E-state index contributed by atoms with van der Waals surface area (Å²) in [6, 6.07) is 0. The molecular weight excluding hydrogens is 308 g/mol. The second-order valence-corrected chi connectivity index (χ2v) is 7.52. The summed E-state index contributed by atoms with van der Waals surface area (Å²) in [6.45, 7) is 10.4. The second kappa shape index (κ2) is 7.06. The smallest absolute Gasteiger partial charge is 0.431 e. The molecule has 0 saturated carbocycles. The Labute approximate surface area is 133 Å². The molecule has 0 spiro atoms. The molecule has 1 rings (SSSR count). The lowest BCUT2D eigenvalue weighted by molar-refractivity contribution is -0.111. The van der Waals surface area contributed by atoms with Gasteiger partial charge in [-0.1, -0.05) is 0 Å². The molecule has 0 fully saturated rings. The topological polar surface area (TPSA) is 86.8 Å². The molecule has 0 radical (unpaired) electrons. The Kier molecular flexibility index (Phi) is 5.90. The van der Waals surface area contributed by atoms with Gasteiger partial charge in [0.25, 0.3) is 0 Å². The maximum Gasteiger partial charge on any atom is 0.431 e. The molecule has 0 unspecified atom stereocenters. The van der Waals surface area contributed by atoms with Crippen LogP contribution in [0, 0.1) is 6.92 Å². The van der Waals surface area contributed by atoms with Crippen molar-refractivity contribution in [2.75, 3.05) is 6.61 Å². The molecule has 1 aromatic heterocycles. The highest BCUT2D eigenvalue weighted by Crippen LogP contribution is 2.15. The van der Waals surface area contributed by atoms with E-state index in [2.05, 4.69) is 10.5 Å². The molecule has 1 aromatic rings. The van der Waals surface area contributed by atoms with Crippen molar-refractivity contribution in [3.8, 4) is 0 Å². The van der Waals surface area contributed by atoms with Gasteiger partial charge in [-0.05, 0) is 41.5 Å². The first-order chi connectivity index (χ1) is 9.98. The Hall–Kier alpha value is -1.67. The summed E-state index contributed by atoms with van der Waals surface area (Å²) in [5.41, 5.74) is 0.671. The Morgan fingerprint density at radius 3 is 2.41 bits per heavy atom. The average molecular weight is 330 g/mol. The largest absolute Gasteiger partial charge is 0.458 e. The lowest BCUT2D eigenvalue weighted by Gasteiger charge is -2.25. The number of carbonyl (C=O) groups is 2. The summed E-state index contributed by atoms with van der Waals surface area (Å²) in [7, 11) is 0. The molecule has 124 valence electrons. The maximum absolute atomic E-state index is 11.8. The molecule has 0 bridgehead atoms. The van der Waals surface area contributed by atoms with Gasteiger partial charge in [-0.3, -0.25) is 4.84 Å². The van der Waals surface area contributed by atoms with Crippen LogP contribution in [0.3, 0.4) is 0 Å². The Bertz CT molecular complexity index is 534. The number of carbonyl (C=O) groups excluding carboxylic acids is 2. The van der Waals surface area contributed by atoms with Crippen LogP contribution < -0.4 is 5.48 Å². The van der Waals surface area contributed by atoms with Crippen molar-refractivity contribution in [3.05, 3.63) is 16.1 Å².